The normalized spacial score (nSPS) is 11.6. The number of hydrogen-bond donors (Lipinski definition) is 0. The van der Waals surface area contributed by atoms with Gasteiger partial charge in [0.25, 0.3) is 10.1 Å². The summed E-state index contributed by atoms with van der Waals surface area (Å²) < 4.78 is 39.2. The lowest BCUT2D eigenvalue weighted by atomic mass is 10.1. The highest BCUT2D eigenvalue weighted by atomic mass is 32.2. The van der Waals surface area contributed by atoms with Crippen molar-refractivity contribution in [2.24, 2.45) is 0 Å². The summed E-state index contributed by atoms with van der Waals surface area (Å²) in [7, 11) is -3.36. The van der Waals surface area contributed by atoms with Crippen LogP contribution in [-0.4, -0.2) is 27.5 Å². The molecule has 0 aliphatic carbocycles. The van der Waals surface area contributed by atoms with Gasteiger partial charge in [0, 0.05) is 0 Å². The Kier molecular flexibility index (Phi) is 12.3. The molecule has 5 heteroatoms. The summed E-state index contributed by atoms with van der Waals surface area (Å²) in [5, 5.41) is 0. The van der Waals surface area contributed by atoms with E-state index in [0.29, 0.717) is 12.8 Å². The molecule has 0 atom stereocenters. The number of hydrogen-bond acceptors (Lipinski definition) is 3. The van der Waals surface area contributed by atoms with Crippen molar-refractivity contribution in [2.75, 3.05) is 19.0 Å². The second kappa shape index (κ2) is 12.6. The molecule has 0 radical (unpaired) electrons. The molecule has 0 N–H and O–H groups in total. The van der Waals surface area contributed by atoms with Crippen molar-refractivity contribution in [1.82, 2.24) is 0 Å². The standard InChI is InChI=1S/C14H27FO3S/c1-2-13-18-19(16,17)14-11-9-7-5-3-4-6-8-10-12-15/h2H,1,3-14H2. The Morgan fingerprint density at radius 2 is 1.37 bits per heavy atom. The molecule has 0 aromatic carbocycles. The molecule has 19 heavy (non-hydrogen) atoms. The third-order valence-electron chi connectivity index (χ3n) is 2.89. The van der Waals surface area contributed by atoms with Crippen LogP contribution in [0, 0.1) is 0 Å². The fraction of sp³-hybridized carbons (Fsp3) is 0.857. The van der Waals surface area contributed by atoms with Gasteiger partial charge in [0.2, 0.25) is 0 Å². The zero-order valence-corrected chi connectivity index (χ0v) is 12.6. The van der Waals surface area contributed by atoms with E-state index in [2.05, 4.69) is 10.8 Å². The lowest BCUT2D eigenvalue weighted by Crippen LogP contribution is -2.10. The van der Waals surface area contributed by atoms with Gasteiger partial charge in [-0.25, -0.2) is 0 Å². The molecule has 0 saturated heterocycles. The minimum Gasteiger partial charge on any atom is -0.266 e. The van der Waals surface area contributed by atoms with Gasteiger partial charge in [0.05, 0.1) is 19.0 Å². The maximum atomic E-state index is 11.8. The Bertz CT molecular complexity index is 302. The molecule has 3 nitrogen and oxygen atoms in total. The van der Waals surface area contributed by atoms with Gasteiger partial charge in [0.15, 0.2) is 0 Å². The molecular weight excluding hydrogens is 267 g/mol. The maximum Gasteiger partial charge on any atom is 0.267 e. The van der Waals surface area contributed by atoms with Crippen LogP contribution >= 0.6 is 0 Å². The Balaban J connectivity index is 3.28. The van der Waals surface area contributed by atoms with Crippen molar-refractivity contribution < 1.29 is 17.0 Å². The molecule has 114 valence electrons. The molecule has 0 aromatic heterocycles. The first-order chi connectivity index (χ1) is 9.12. The molecule has 0 amide bonds. The summed E-state index contributed by atoms with van der Waals surface area (Å²) >= 11 is 0. The topological polar surface area (TPSA) is 43.4 Å². The first kappa shape index (κ1) is 18.6. The molecule has 0 heterocycles. The minimum atomic E-state index is -3.36. The van der Waals surface area contributed by atoms with Crippen LogP contribution < -0.4 is 0 Å². The lowest BCUT2D eigenvalue weighted by Gasteiger charge is -2.04. The fourth-order valence-corrected chi connectivity index (χ4v) is 2.80. The number of rotatable bonds is 14. The lowest BCUT2D eigenvalue weighted by molar-refractivity contribution is 0.356. The zero-order valence-electron chi connectivity index (χ0n) is 11.8. The van der Waals surface area contributed by atoms with E-state index in [0.717, 1.165) is 44.9 Å². The van der Waals surface area contributed by atoms with Crippen molar-refractivity contribution in [3.8, 4) is 0 Å². The van der Waals surface area contributed by atoms with E-state index < -0.39 is 10.1 Å². The van der Waals surface area contributed by atoms with Gasteiger partial charge in [0.1, 0.15) is 0 Å². The molecule has 0 aliphatic heterocycles. The first-order valence-corrected chi connectivity index (χ1v) is 8.74. The molecule has 0 spiro atoms. The predicted molar refractivity (Wildman–Crippen MR) is 77.5 cm³/mol. The largest absolute Gasteiger partial charge is 0.267 e. The Morgan fingerprint density at radius 1 is 0.895 bits per heavy atom. The highest BCUT2D eigenvalue weighted by Crippen LogP contribution is 2.10. The molecule has 0 saturated carbocycles. The van der Waals surface area contributed by atoms with E-state index in [9.17, 15) is 12.8 Å². The smallest absolute Gasteiger partial charge is 0.266 e. The van der Waals surface area contributed by atoms with Crippen LogP contribution in [-0.2, 0) is 14.3 Å². The summed E-state index contributed by atoms with van der Waals surface area (Å²) in [6, 6.07) is 0. The van der Waals surface area contributed by atoms with Crippen LogP contribution in [0.25, 0.3) is 0 Å². The first-order valence-electron chi connectivity index (χ1n) is 7.16. The van der Waals surface area contributed by atoms with Gasteiger partial charge in [-0.1, -0.05) is 51.0 Å². The van der Waals surface area contributed by atoms with E-state index in [-0.39, 0.29) is 19.0 Å². The Hall–Kier alpha value is -0.420. The van der Waals surface area contributed by atoms with Gasteiger partial charge in [-0.3, -0.25) is 8.57 Å². The van der Waals surface area contributed by atoms with E-state index in [4.69, 9.17) is 0 Å². The van der Waals surface area contributed by atoms with Crippen LogP contribution in [0.4, 0.5) is 4.39 Å². The molecule has 0 rings (SSSR count). The average molecular weight is 294 g/mol. The number of alkyl halides is 1. The second-order valence-corrected chi connectivity index (χ2v) is 6.47. The molecule has 0 fully saturated rings. The quantitative estimate of drug-likeness (QED) is 0.276. The van der Waals surface area contributed by atoms with E-state index in [1.165, 1.54) is 6.08 Å². The van der Waals surface area contributed by atoms with Gasteiger partial charge >= 0.3 is 0 Å². The summed E-state index contributed by atoms with van der Waals surface area (Å²) in [4.78, 5) is 0. The van der Waals surface area contributed by atoms with E-state index >= 15 is 0 Å². The Labute approximate surface area is 117 Å². The Morgan fingerprint density at radius 3 is 1.84 bits per heavy atom. The van der Waals surface area contributed by atoms with Crippen LogP contribution in [0.5, 0.6) is 0 Å². The molecule has 0 aliphatic rings. The monoisotopic (exact) mass is 294 g/mol. The van der Waals surface area contributed by atoms with Gasteiger partial charge in [-0.2, -0.15) is 8.42 Å². The van der Waals surface area contributed by atoms with E-state index in [1.54, 1.807) is 0 Å². The molecular formula is C14H27FO3S. The zero-order chi connectivity index (χ0) is 14.4. The van der Waals surface area contributed by atoms with Crippen molar-refractivity contribution in [3.05, 3.63) is 12.7 Å². The predicted octanol–water partition coefficient (Wildman–Crippen LogP) is 4.00. The second-order valence-electron chi connectivity index (χ2n) is 4.71. The van der Waals surface area contributed by atoms with Crippen molar-refractivity contribution in [2.45, 2.75) is 57.8 Å². The van der Waals surface area contributed by atoms with Crippen molar-refractivity contribution in [3.63, 3.8) is 0 Å². The fourth-order valence-electron chi connectivity index (χ4n) is 1.82. The number of halogens is 1. The summed E-state index contributed by atoms with van der Waals surface area (Å²) in [5.74, 6) is 0.0946. The van der Waals surface area contributed by atoms with Gasteiger partial charge in [-0.05, 0) is 12.8 Å². The van der Waals surface area contributed by atoms with Crippen LogP contribution in [0.1, 0.15) is 57.8 Å². The molecule has 0 aromatic rings. The van der Waals surface area contributed by atoms with Crippen LogP contribution in [0.15, 0.2) is 12.7 Å². The third-order valence-corrected chi connectivity index (χ3v) is 4.18. The van der Waals surface area contributed by atoms with Gasteiger partial charge < -0.3 is 0 Å². The summed E-state index contributed by atoms with van der Waals surface area (Å²) in [6.07, 6.45) is 10.3. The summed E-state index contributed by atoms with van der Waals surface area (Å²) in [5.41, 5.74) is 0. The highest BCUT2D eigenvalue weighted by Gasteiger charge is 2.09. The average Bonchev–Trinajstić information content (AvgIpc) is 2.38. The molecule has 0 bridgehead atoms. The van der Waals surface area contributed by atoms with E-state index in [1.807, 2.05) is 0 Å². The van der Waals surface area contributed by atoms with Crippen molar-refractivity contribution in [1.29, 1.82) is 0 Å². The SMILES string of the molecule is C=CCOS(=O)(=O)CCCCCCCCCCCF. The van der Waals surface area contributed by atoms with Crippen LogP contribution in [0.3, 0.4) is 0 Å². The van der Waals surface area contributed by atoms with Gasteiger partial charge in [-0.15, -0.1) is 6.58 Å². The minimum absolute atomic E-state index is 0.0568. The molecule has 0 unspecified atom stereocenters. The summed E-state index contributed by atoms with van der Waals surface area (Å²) in [6.45, 7) is 3.26. The third kappa shape index (κ3) is 13.8. The van der Waals surface area contributed by atoms with Crippen molar-refractivity contribution >= 4 is 10.1 Å². The van der Waals surface area contributed by atoms with Crippen LogP contribution in [0.2, 0.25) is 0 Å². The number of unbranched alkanes of at least 4 members (excludes halogenated alkanes) is 8. The highest BCUT2D eigenvalue weighted by molar-refractivity contribution is 7.86. The maximum absolute atomic E-state index is 11.8.